The average molecular weight is 304 g/mol. The Kier molecular flexibility index (Phi) is 7.09. The van der Waals surface area contributed by atoms with Crippen molar-refractivity contribution >= 4 is 17.5 Å². The van der Waals surface area contributed by atoms with E-state index in [1.807, 2.05) is 45.9 Å². The minimum atomic E-state index is -0.00539. The number of anilines is 1. The van der Waals surface area contributed by atoms with E-state index in [1.54, 1.807) is 11.8 Å². The van der Waals surface area contributed by atoms with Gasteiger partial charge >= 0.3 is 0 Å². The lowest BCUT2D eigenvalue weighted by molar-refractivity contribution is -0.125. The highest BCUT2D eigenvalue weighted by Gasteiger charge is 2.17. The lowest BCUT2D eigenvalue weighted by Gasteiger charge is -2.25. The molecule has 0 aliphatic rings. The molecule has 0 saturated heterocycles. The predicted octanol–water partition coefficient (Wildman–Crippen LogP) is 3.21. The van der Waals surface area contributed by atoms with Crippen molar-refractivity contribution in [3.05, 3.63) is 29.3 Å². The number of nitrogens with zero attached hydrogens (tertiary/aromatic N) is 1. The van der Waals surface area contributed by atoms with Gasteiger partial charge in [0, 0.05) is 31.6 Å². The molecule has 0 aliphatic carbocycles. The summed E-state index contributed by atoms with van der Waals surface area (Å²) in [5, 5.41) is 2.95. The Balaban J connectivity index is 2.75. The number of benzene rings is 1. The number of amides is 2. The summed E-state index contributed by atoms with van der Waals surface area (Å²) in [6, 6.07) is 5.99. The molecule has 2 amide bonds. The van der Waals surface area contributed by atoms with Crippen molar-refractivity contribution in [1.82, 2.24) is 5.32 Å². The molecule has 1 aromatic carbocycles. The van der Waals surface area contributed by atoms with Crippen molar-refractivity contribution in [3.63, 3.8) is 0 Å². The molecule has 0 spiro atoms. The molecule has 1 rings (SSSR count). The maximum atomic E-state index is 12.0. The van der Waals surface area contributed by atoms with Crippen LogP contribution in [0.4, 0.5) is 5.69 Å². The maximum Gasteiger partial charge on any atom is 0.223 e. The largest absolute Gasteiger partial charge is 0.354 e. The molecule has 0 radical (unpaired) electrons. The predicted molar refractivity (Wildman–Crippen MR) is 91.0 cm³/mol. The van der Waals surface area contributed by atoms with E-state index in [1.165, 1.54) is 0 Å². The second-order valence-electron chi connectivity index (χ2n) is 5.72. The zero-order valence-electron chi connectivity index (χ0n) is 14.4. The number of carbonyl (C=O) groups is 2. The van der Waals surface area contributed by atoms with Gasteiger partial charge in [-0.25, -0.2) is 0 Å². The zero-order valence-corrected chi connectivity index (χ0v) is 14.4. The van der Waals surface area contributed by atoms with Crippen LogP contribution in [0.3, 0.4) is 0 Å². The second kappa shape index (κ2) is 8.57. The molecule has 0 unspecified atom stereocenters. The van der Waals surface area contributed by atoms with Gasteiger partial charge in [-0.3, -0.25) is 9.59 Å². The molecule has 0 saturated carbocycles. The molecule has 0 aromatic heterocycles. The Morgan fingerprint density at radius 3 is 2.14 bits per heavy atom. The Morgan fingerprint density at radius 1 is 1.14 bits per heavy atom. The fourth-order valence-corrected chi connectivity index (χ4v) is 2.75. The molecule has 0 aliphatic heterocycles. The van der Waals surface area contributed by atoms with Crippen LogP contribution in [0, 0.1) is 19.8 Å². The Morgan fingerprint density at radius 2 is 1.68 bits per heavy atom. The van der Waals surface area contributed by atoms with Gasteiger partial charge in [-0.2, -0.15) is 0 Å². The van der Waals surface area contributed by atoms with Gasteiger partial charge in [-0.05, 0) is 37.8 Å². The lowest BCUT2D eigenvalue weighted by Crippen LogP contribution is -2.40. The highest BCUT2D eigenvalue weighted by molar-refractivity contribution is 5.93. The third-order valence-electron chi connectivity index (χ3n) is 4.08. The third kappa shape index (κ3) is 4.58. The number of nitrogens with one attached hydrogen (secondary N) is 1. The van der Waals surface area contributed by atoms with Crippen molar-refractivity contribution in [3.8, 4) is 0 Å². The van der Waals surface area contributed by atoms with E-state index in [0.29, 0.717) is 13.1 Å². The number of aryl methyl sites for hydroxylation is 2. The molecule has 0 bridgehead atoms. The molecule has 22 heavy (non-hydrogen) atoms. The van der Waals surface area contributed by atoms with Gasteiger partial charge in [-0.1, -0.05) is 32.0 Å². The van der Waals surface area contributed by atoms with E-state index in [9.17, 15) is 9.59 Å². The zero-order chi connectivity index (χ0) is 16.7. The van der Waals surface area contributed by atoms with Crippen molar-refractivity contribution in [2.75, 3.05) is 18.0 Å². The van der Waals surface area contributed by atoms with Gasteiger partial charge in [0.2, 0.25) is 11.8 Å². The third-order valence-corrected chi connectivity index (χ3v) is 4.08. The van der Waals surface area contributed by atoms with Gasteiger partial charge in [-0.15, -0.1) is 0 Å². The van der Waals surface area contributed by atoms with Crippen molar-refractivity contribution in [2.45, 2.75) is 47.5 Å². The van der Waals surface area contributed by atoms with Crippen LogP contribution in [-0.2, 0) is 9.59 Å². The molecule has 4 nitrogen and oxygen atoms in total. The second-order valence-corrected chi connectivity index (χ2v) is 5.72. The first-order chi connectivity index (χ1) is 10.4. The Bertz CT molecular complexity index is 502. The van der Waals surface area contributed by atoms with Crippen LogP contribution in [0.25, 0.3) is 0 Å². The summed E-state index contributed by atoms with van der Waals surface area (Å²) in [7, 11) is 0. The molecule has 0 atom stereocenters. The standard InChI is InChI=1S/C18H28N2O2/c1-6-16(7-2)18(22)19-11-12-20(15(5)21)17-13(3)9-8-10-14(17)4/h8-10,16H,6-7,11-12H2,1-5H3,(H,19,22). The first-order valence-electron chi connectivity index (χ1n) is 8.04. The van der Waals surface area contributed by atoms with E-state index >= 15 is 0 Å². The average Bonchev–Trinajstić information content (AvgIpc) is 2.46. The van der Waals surface area contributed by atoms with Gasteiger partial charge < -0.3 is 10.2 Å². The molecule has 1 aromatic rings. The molecular weight excluding hydrogens is 276 g/mol. The monoisotopic (exact) mass is 304 g/mol. The lowest BCUT2D eigenvalue weighted by atomic mass is 10.0. The first-order valence-corrected chi connectivity index (χ1v) is 8.04. The summed E-state index contributed by atoms with van der Waals surface area (Å²) in [6.07, 6.45) is 1.69. The minimum Gasteiger partial charge on any atom is -0.354 e. The number of rotatable bonds is 7. The van der Waals surface area contributed by atoms with E-state index in [2.05, 4.69) is 5.32 Å². The van der Waals surface area contributed by atoms with Crippen LogP contribution in [0.15, 0.2) is 18.2 Å². The van der Waals surface area contributed by atoms with Gasteiger partial charge in [0.25, 0.3) is 0 Å². The van der Waals surface area contributed by atoms with Gasteiger partial charge in [0.05, 0.1) is 0 Å². The molecule has 0 heterocycles. The van der Waals surface area contributed by atoms with Crippen LogP contribution in [0.5, 0.6) is 0 Å². The Hall–Kier alpha value is -1.84. The number of carbonyl (C=O) groups excluding carboxylic acids is 2. The van der Waals surface area contributed by atoms with Gasteiger partial charge in [0.15, 0.2) is 0 Å². The van der Waals surface area contributed by atoms with Crippen molar-refractivity contribution in [1.29, 1.82) is 0 Å². The van der Waals surface area contributed by atoms with Crippen LogP contribution in [-0.4, -0.2) is 24.9 Å². The first kappa shape index (κ1) is 18.2. The smallest absolute Gasteiger partial charge is 0.223 e. The van der Waals surface area contributed by atoms with E-state index in [0.717, 1.165) is 29.7 Å². The quantitative estimate of drug-likeness (QED) is 0.841. The fraction of sp³-hybridized carbons (Fsp3) is 0.556. The van der Waals surface area contributed by atoms with Crippen LogP contribution in [0.1, 0.15) is 44.7 Å². The summed E-state index contributed by atoms with van der Waals surface area (Å²) >= 11 is 0. The van der Waals surface area contributed by atoms with E-state index < -0.39 is 0 Å². The summed E-state index contributed by atoms with van der Waals surface area (Å²) in [5.74, 6) is 0.134. The van der Waals surface area contributed by atoms with Crippen molar-refractivity contribution in [2.24, 2.45) is 5.92 Å². The fourth-order valence-electron chi connectivity index (χ4n) is 2.75. The summed E-state index contributed by atoms with van der Waals surface area (Å²) in [5.41, 5.74) is 3.09. The normalized spacial score (nSPS) is 10.6. The van der Waals surface area contributed by atoms with E-state index in [4.69, 9.17) is 0 Å². The highest BCUT2D eigenvalue weighted by Crippen LogP contribution is 2.24. The summed E-state index contributed by atoms with van der Waals surface area (Å²) < 4.78 is 0. The topological polar surface area (TPSA) is 49.4 Å². The molecule has 1 N–H and O–H groups in total. The molecule has 0 fully saturated rings. The number of hydrogen-bond donors (Lipinski definition) is 1. The SMILES string of the molecule is CCC(CC)C(=O)NCCN(C(C)=O)c1c(C)cccc1C. The van der Waals surface area contributed by atoms with Crippen molar-refractivity contribution < 1.29 is 9.59 Å². The highest BCUT2D eigenvalue weighted by atomic mass is 16.2. The van der Waals surface area contributed by atoms with Crippen LogP contribution in [0.2, 0.25) is 0 Å². The minimum absolute atomic E-state index is 0.00539. The van der Waals surface area contributed by atoms with E-state index in [-0.39, 0.29) is 17.7 Å². The maximum absolute atomic E-state index is 12.0. The number of hydrogen-bond acceptors (Lipinski definition) is 2. The molecule has 122 valence electrons. The Labute approximate surface area is 133 Å². The van der Waals surface area contributed by atoms with Gasteiger partial charge in [0.1, 0.15) is 0 Å². The van der Waals surface area contributed by atoms with Crippen LogP contribution >= 0.6 is 0 Å². The van der Waals surface area contributed by atoms with Crippen LogP contribution < -0.4 is 10.2 Å². The summed E-state index contributed by atoms with van der Waals surface area (Å²) in [6.45, 7) is 10.6. The summed E-state index contributed by atoms with van der Waals surface area (Å²) in [4.78, 5) is 25.7. The number of para-hydroxylation sites is 1. The molecule has 4 heteroatoms. The molecular formula is C18H28N2O2.